The summed E-state index contributed by atoms with van der Waals surface area (Å²) < 4.78 is 0. The first-order chi connectivity index (χ1) is 5.91. The molecule has 0 atom stereocenters. The highest BCUT2D eigenvalue weighted by atomic mass is 16.4. The fraction of sp³-hybridized carbons (Fsp3) is 0.400. The summed E-state index contributed by atoms with van der Waals surface area (Å²) in [6.45, 7) is -1.26. The second-order valence-corrected chi connectivity index (χ2v) is 2.12. The molecule has 0 aliphatic heterocycles. The van der Waals surface area contributed by atoms with Crippen LogP contribution < -0.4 is 11.2 Å². The molecule has 0 unspecified atom stereocenters. The zero-order valence-electron chi connectivity index (χ0n) is 6.56. The molecule has 8 nitrogen and oxygen atoms in total. The summed E-state index contributed by atoms with van der Waals surface area (Å²) in [4.78, 5) is 30.5. The predicted octanol–water partition coefficient (Wildman–Crippen LogP) is -1.96. The topological polar surface area (TPSA) is 133 Å². The van der Waals surface area contributed by atoms with Crippen LogP contribution in [0.3, 0.4) is 0 Å². The van der Waals surface area contributed by atoms with Gasteiger partial charge < -0.3 is 15.9 Å². The maximum Gasteiger partial charge on any atom is 0.326 e. The molecule has 0 bridgehead atoms. The van der Waals surface area contributed by atoms with Crippen molar-refractivity contribution in [3.63, 3.8) is 0 Å². The monoisotopic (exact) mass is 191 g/mol. The minimum absolute atomic E-state index is 0.630. The Morgan fingerprint density at radius 2 is 1.54 bits per heavy atom. The third kappa shape index (κ3) is 6.56. The minimum atomic E-state index is -1.27. The van der Waals surface area contributed by atoms with Crippen molar-refractivity contribution < 1.29 is 24.6 Å². The van der Waals surface area contributed by atoms with Gasteiger partial charge in [-0.15, -0.1) is 0 Å². The molecule has 0 aromatic heterocycles. The summed E-state index contributed by atoms with van der Waals surface area (Å²) >= 11 is 0. The number of hydrogen-bond donors (Lipinski definition) is 4. The first-order valence-electron chi connectivity index (χ1n) is 3.16. The van der Waals surface area contributed by atoms with E-state index < -0.39 is 31.1 Å². The number of hydrogen-bond acceptors (Lipinski definition) is 4. The second kappa shape index (κ2) is 4.93. The van der Waals surface area contributed by atoms with Crippen molar-refractivity contribution in [1.29, 1.82) is 0 Å². The molecule has 0 spiro atoms. The van der Waals surface area contributed by atoms with E-state index in [1.807, 2.05) is 5.43 Å². The van der Waals surface area contributed by atoms with Crippen molar-refractivity contribution >= 4 is 18.0 Å². The lowest BCUT2D eigenvalue weighted by Gasteiger charge is -2.16. The lowest BCUT2D eigenvalue weighted by atomic mass is 10.5. The summed E-state index contributed by atoms with van der Waals surface area (Å²) in [6.07, 6.45) is 0. The normalized spacial score (nSPS) is 9.62. The number of carboxylic acid groups (broad SMARTS) is 2. The Morgan fingerprint density at radius 3 is 1.77 bits per heavy atom. The molecule has 0 fully saturated rings. The maximum atomic E-state index is 10.3. The smallest absolute Gasteiger partial charge is 0.326 e. The zero-order chi connectivity index (χ0) is 10.4. The highest BCUT2D eigenvalue weighted by molar-refractivity contribution is 5.75. The van der Waals surface area contributed by atoms with Gasteiger partial charge in [0.2, 0.25) is 0 Å². The van der Waals surface area contributed by atoms with Crippen LogP contribution in [0, 0.1) is 0 Å². The number of nitrogens with zero attached hydrogens (tertiary/aromatic N) is 1. The molecule has 13 heavy (non-hydrogen) atoms. The van der Waals surface area contributed by atoms with Crippen LogP contribution >= 0.6 is 0 Å². The van der Waals surface area contributed by atoms with Gasteiger partial charge in [-0.2, -0.15) is 5.01 Å². The highest BCUT2D eigenvalue weighted by Gasteiger charge is 2.13. The van der Waals surface area contributed by atoms with Crippen LogP contribution in [0.1, 0.15) is 0 Å². The van der Waals surface area contributed by atoms with E-state index in [4.69, 9.17) is 10.2 Å². The lowest BCUT2D eigenvalue weighted by Crippen LogP contribution is -2.49. The van der Waals surface area contributed by atoms with Gasteiger partial charge in [-0.25, -0.2) is 4.79 Å². The SMILES string of the molecule is NC(=O)NN(CC(=O)O)CC(=O)O. The average molecular weight is 191 g/mol. The Kier molecular flexibility index (Phi) is 4.24. The van der Waals surface area contributed by atoms with Crippen LogP contribution in [-0.4, -0.2) is 46.3 Å². The van der Waals surface area contributed by atoms with Crippen LogP contribution in [0.2, 0.25) is 0 Å². The summed E-state index contributed by atoms with van der Waals surface area (Å²) in [5.74, 6) is -2.54. The highest BCUT2D eigenvalue weighted by Crippen LogP contribution is 1.82. The molecule has 0 aliphatic rings. The number of primary amides is 1. The Labute approximate surface area is 72.9 Å². The van der Waals surface area contributed by atoms with Crippen molar-refractivity contribution in [2.24, 2.45) is 5.73 Å². The van der Waals surface area contributed by atoms with Crippen LogP contribution in [0.5, 0.6) is 0 Å². The van der Waals surface area contributed by atoms with E-state index in [9.17, 15) is 14.4 Å². The number of carbonyl (C=O) groups is 3. The molecule has 0 aliphatic carbocycles. The summed E-state index contributed by atoms with van der Waals surface area (Å²) in [7, 11) is 0. The standard InChI is InChI=1S/C5H9N3O5/c6-5(13)7-8(1-3(9)10)2-4(11)12/h1-2H2,(H,9,10)(H,11,12)(H3,6,7,13). The van der Waals surface area contributed by atoms with Gasteiger partial charge in [-0.1, -0.05) is 0 Å². The van der Waals surface area contributed by atoms with Gasteiger partial charge in [0.25, 0.3) is 0 Å². The Hall–Kier alpha value is -1.83. The number of carbonyl (C=O) groups excluding carboxylic acids is 1. The molecule has 74 valence electrons. The number of carboxylic acids is 2. The van der Waals surface area contributed by atoms with E-state index in [1.54, 1.807) is 0 Å². The molecule has 5 N–H and O–H groups in total. The Morgan fingerprint density at radius 1 is 1.15 bits per heavy atom. The molecule has 0 radical (unpaired) electrons. The first kappa shape index (κ1) is 11.2. The van der Waals surface area contributed by atoms with Gasteiger partial charge in [0, 0.05) is 0 Å². The summed E-state index contributed by atoms with van der Waals surface area (Å²) in [5.41, 5.74) is 6.52. The van der Waals surface area contributed by atoms with E-state index in [-0.39, 0.29) is 0 Å². The van der Waals surface area contributed by atoms with Crippen molar-refractivity contribution in [3.05, 3.63) is 0 Å². The maximum absolute atomic E-state index is 10.3. The number of hydrazine groups is 1. The first-order valence-corrected chi connectivity index (χ1v) is 3.16. The third-order valence-electron chi connectivity index (χ3n) is 0.921. The molecule has 0 aromatic carbocycles. The van der Waals surface area contributed by atoms with E-state index >= 15 is 0 Å². The van der Waals surface area contributed by atoms with Gasteiger partial charge in [0.1, 0.15) is 13.1 Å². The number of amides is 2. The fourth-order valence-electron chi connectivity index (χ4n) is 0.617. The second-order valence-electron chi connectivity index (χ2n) is 2.12. The number of nitrogens with two attached hydrogens (primary N) is 1. The summed E-state index contributed by atoms with van der Waals surface area (Å²) in [5, 5.41) is 17.2. The molecule has 0 saturated heterocycles. The number of aliphatic carboxylic acids is 2. The predicted molar refractivity (Wildman–Crippen MR) is 39.6 cm³/mol. The average Bonchev–Trinajstić information content (AvgIpc) is 1.80. The van der Waals surface area contributed by atoms with Crippen molar-refractivity contribution in [3.8, 4) is 0 Å². The number of rotatable bonds is 5. The Bertz CT molecular complexity index is 190. The van der Waals surface area contributed by atoms with Crippen LogP contribution in [0.4, 0.5) is 4.79 Å². The van der Waals surface area contributed by atoms with E-state index in [0.717, 1.165) is 0 Å². The quantitative estimate of drug-likeness (QED) is 0.373. The Balaban J connectivity index is 4.10. The van der Waals surface area contributed by atoms with Gasteiger partial charge in [-0.3, -0.25) is 15.0 Å². The molecule has 8 heteroatoms. The number of urea groups is 1. The van der Waals surface area contributed by atoms with Gasteiger partial charge >= 0.3 is 18.0 Å². The molecular formula is C5H9N3O5. The van der Waals surface area contributed by atoms with Crippen molar-refractivity contribution in [1.82, 2.24) is 10.4 Å². The molecule has 0 rings (SSSR count). The van der Waals surface area contributed by atoms with Gasteiger partial charge in [-0.05, 0) is 0 Å². The number of nitrogens with one attached hydrogen (secondary N) is 1. The summed E-state index contributed by atoms with van der Waals surface area (Å²) in [6, 6.07) is -1.01. The van der Waals surface area contributed by atoms with E-state index in [2.05, 4.69) is 5.73 Å². The van der Waals surface area contributed by atoms with Crippen molar-refractivity contribution in [2.45, 2.75) is 0 Å². The molecule has 0 saturated carbocycles. The fourth-order valence-corrected chi connectivity index (χ4v) is 0.617. The zero-order valence-corrected chi connectivity index (χ0v) is 6.56. The van der Waals surface area contributed by atoms with E-state index in [0.29, 0.717) is 5.01 Å². The van der Waals surface area contributed by atoms with Crippen LogP contribution in [0.25, 0.3) is 0 Å². The van der Waals surface area contributed by atoms with Crippen molar-refractivity contribution in [2.75, 3.05) is 13.1 Å². The van der Waals surface area contributed by atoms with Crippen LogP contribution in [0.15, 0.2) is 0 Å². The van der Waals surface area contributed by atoms with E-state index in [1.165, 1.54) is 0 Å². The molecule has 0 aromatic rings. The van der Waals surface area contributed by atoms with Gasteiger partial charge in [0.15, 0.2) is 0 Å². The molecule has 0 heterocycles. The third-order valence-corrected chi connectivity index (χ3v) is 0.921. The van der Waals surface area contributed by atoms with Gasteiger partial charge in [0.05, 0.1) is 0 Å². The minimum Gasteiger partial charge on any atom is -0.480 e. The molecular weight excluding hydrogens is 182 g/mol. The molecule has 2 amide bonds. The lowest BCUT2D eigenvalue weighted by molar-refractivity contribution is -0.142. The van der Waals surface area contributed by atoms with Crippen LogP contribution in [-0.2, 0) is 9.59 Å². The largest absolute Gasteiger partial charge is 0.480 e.